The third kappa shape index (κ3) is 4.34. The van der Waals surface area contributed by atoms with E-state index >= 15 is 0 Å². The highest BCUT2D eigenvalue weighted by Crippen LogP contribution is 2.35. The van der Waals surface area contributed by atoms with Gasteiger partial charge in [-0.3, -0.25) is 9.10 Å². The average Bonchev–Trinajstić information content (AvgIpc) is 2.63. The van der Waals surface area contributed by atoms with Gasteiger partial charge in [0.1, 0.15) is 19.3 Å². The van der Waals surface area contributed by atoms with Crippen LogP contribution in [0.15, 0.2) is 36.4 Å². The Balaban J connectivity index is 1.89. The maximum atomic E-state index is 12.7. The molecule has 1 aliphatic rings. The summed E-state index contributed by atoms with van der Waals surface area (Å²) >= 11 is 6.09. The van der Waals surface area contributed by atoms with Crippen LogP contribution >= 0.6 is 11.6 Å². The number of benzene rings is 2. The van der Waals surface area contributed by atoms with Crippen LogP contribution in [0.4, 0.5) is 11.4 Å². The second-order valence-electron chi connectivity index (χ2n) is 6.52. The second kappa shape index (κ2) is 7.89. The lowest BCUT2D eigenvalue weighted by Gasteiger charge is -2.29. The van der Waals surface area contributed by atoms with Crippen molar-refractivity contribution in [3.8, 4) is 11.5 Å². The molecular weight excluding hydrogens is 404 g/mol. The number of nitrogens with zero attached hydrogens (tertiary/aromatic N) is 1. The molecule has 0 bridgehead atoms. The molecule has 9 heteroatoms. The van der Waals surface area contributed by atoms with Gasteiger partial charge in [0.15, 0.2) is 11.5 Å². The van der Waals surface area contributed by atoms with Gasteiger partial charge >= 0.3 is 0 Å². The Labute approximate surface area is 169 Å². The van der Waals surface area contributed by atoms with Crippen LogP contribution in [-0.2, 0) is 14.8 Å². The van der Waals surface area contributed by atoms with E-state index in [0.717, 1.165) is 16.1 Å². The lowest BCUT2D eigenvalue weighted by molar-refractivity contribution is -0.116. The summed E-state index contributed by atoms with van der Waals surface area (Å²) < 4.78 is 36.9. The summed E-state index contributed by atoms with van der Waals surface area (Å²) in [6.07, 6.45) is 1.05. The molecule has 7 nitrogen and oxygen atoms in total. The molecule has 2 aromatic carbocycles. The van der Waals surface area contributed by atoms with E-state index in [2.05, 4.69) is 5.32 Å². The summed E-state index contributed by atoms with van der Waals surface area (Å²) in [4.78, 5) is 12.7. The van der Waals surface area contributed by atoms with Crippen LogP contribution in [0.25, 0.3) is 0 Å². The van der Waals surface area contributed by atoms with Crippen molar-refractivity contribution in [2.24, 2.45) is 0 Å². The van der Waals surface area contributed by atoms with E-state index < -0.39 is 22.0 Å². The zero-order chi connectivity index (χ0) is 20.5. The molecule has 0 aromatic heterocycles. The number of sulfonamides is 1. The molecule has 1 amide bonds. The number of fused-ring (bicyclic) bond motifs is 1. The first-order valence-electron chi connectivity index (χ1n) is 8.63. The molecular formula is C19H21ClN2O5S. The summed E-state index contributed by atoms with van der Waals surface area (Å²) in [5, 5.41) is 3.22. The molecule has 0 saturated heterocycles. The number of amides is 1. The van der Waals surface area contributed by atoms with Crippen LogP contribution in [0.1, 0.15) is 12.5 Å². The molecule has 150 valence electrons. The van der Waals surface area contributed by atoms with E-state index in [4.69, 9.17) is 21.1 Å². The number of ether oxygens (including phenoxy) is 2. The van der Waals surface area contributed by atoms with E-state index in [9.17, 15) is 13.2 Å². The van der Waals surface area contributed by atoms with Gasteiger partial charge in [0.2, 0.25) is 15.9 Å². The van der Waals surface area contributed by atoms with Crippen LogP contribution in [0.5, 0.6) is 11.5 Å². The largest absolute Gasteiger partial charge is 0.486 e. The van der Waals surface area contributed by atoms with Crippen molar-refractivity contribution < 1.29 is 22.7 Å². The summed E-state index contributed by atoms with van der Waals surface area (Å²) in [5.74, 6) is 0.491. The van der Waals surface area contributed by atoms with Crippen molar-refractivity contribution >= 4 is 38.9 Å². The van der Waals surface area contributed by atoms with Crippen molar-refractivity contribution in [3.05, 3.63) is 47.0 Å². The van der Waals surface area contributed by atoms with Gasteiger partial charge in [-0.1, -0.05) is 17.7 Å². The zero-order valence-electron chi connectivity index (χ0n) is 15.7. The molecule has 1 atom stereocenters. The predicted octanol–water partition coefficient (Wildman–Crippen LogP) is 3.21. The third-order valence-corrected chi connectivity index (χ3v) is 5.96. The fourth-order valence-corrected chi connectivity index (χ4v) is 4.24. The summed E-state index contributed by atoms with van der Waals surface area (Å²) in [6.45, 7) is 4.17. The fourth-order valence-electron chi connectivity index (χ4n) is 2.90. The molecule has 1 aliphatic heterocycles. The number of carbonyl (C=O) groups is 1. The maximum Gasteiger partial charge on any atom is 0.247 e. The number of nitrogens with one attached hydrogen (secondary N) is 1. The normalized spacial score (nSPS) is 14.3. The monoisotopic (exact) mass is 424 g/mol. The van der Waals surface area contributed by atoms with Gasteiger partial charge in [-0.25, -0.2) is 8.42 Å². The molecule has 28 heavy (non-hydrogen) atoms. The maximum absolute atomic E-state index is 12.7. The Morgan fingerprint density at radius 1 is 1.14 bits per heavy atom. The second-order valence-corrected chi connectivity index (χ2v) is 8.78. The van der Waals surface area contributed by atoms with Crippen LogP contribution in [0, 0.1) is 6.92 Å². The van der Waals surface area contributed by atoms with Crippen molar-refractivity contribution in [3.63, 3.8) is 0 Å². The van der Waals surface area contributed by atoms with E-state index in [-0.39, 0.29) is 0 Å². The SMILES string of the molecule is Cc1ccc(NC(=O)[C@@H](C)N(c2ccc3c(c2)OCCO3)S(C)(=O)=O)cc1Cl. The number of aryl methyl sites for hydroxylation is 1. The van der Waals surface area contributed by atoms with Gasteiger partial charge < -0.3 is 14.8 Å². The highest BCUT2D eigenvalue weighted by molar-refractivity contribution is 7.92. The molecule has 1 heterocycles. The highest BCUT2D eigenvalue weighted by atomic mass is 35.5. The van der Waals surface area contributed by atoms with Gasteiger partial charge in [0, 0.05) is 16.8 Å². The Kier molecular flexibility index (Phi) is 5.71. The van der Waals surface area contributed by atoms with Crippen LogP contribution < -0.4 is 19.1 Å². The highest BCUT2D eigenvalue weighted by Gasteiger charge is 2.30. The minimum absolute atomic E-state index is 0.316. The topological polar surface area (TPSA) is 84.9 Å². The molecule has 0 saturated carbocycles. The molecule has 3 rings (SSSR count). The zero-order valence-corrected chi connectivity index (χ0v) is 17.3. The molecule has 0 unspecified atom stereocenters. The summed E-state index contributed by atoms with van der Waals surface area (Å²) in [6, 6.07) is 8.88. The van der Waals surface area contributed by atoms with Crippen LogP contribution in [0.2, 0.25) is 5.02 Å². The molecule has 0 fully saturated rings. The van der Waals surface area contributed by atoms with Gasteiger partial charge in [-0.2, -0.15) is 0 Å². The number of halogens is 1. The smallest absolute Gasteiger partial charge is 0.247 e. The van der Waals surface area contributed by atoms with E-state index in [1.165, 1.54) is 6.92 Å². The number of rotatable bonds is 5. The van der Waals surface area contributed by atoms with Crippen molar-refractivity contribution in [1.29, 1.82) is 0 Å². The number of anilines is 2. The number of hydrogen-bond donors (Lipinski definition) is 1. The van der Waals surface area contributed by atoms with Gasteiger partial charge in [0.05, 0.1) is 11.9 Å². The quantitative estimate of drug-likeness (QED) is 0.796. The van der Waals surface area contributed by atoms with E-state index in [1.54, 1.807) is 36.4 Å². The van der Waals surface area contributed by atoms with Gasteiger partial charge in [0.25, 0.3) is 0 Å². The lowest BCUT2D eigenvalue weighted by atomic mass is 10.2. The van der Waals surface area contributed by atoms with E-state index in [1.807, 2.05) is 6.92 Å². The third-order valence-electron chi connectivity index (χ3n) is 4.31. The van der Waals surface area contributed by atoms with Gasteiger partial charge in [-0.05, 0) is 43.7 Å². The first-order chi connectivity index (χ1) is 13.2. The average molecular weight is 425 g/mol. The molecule has 2 aromatic rings. The first-order valence-corrected chi connectivity index (χ1v) is 10.9. The molecule has 1 N–H and O–H groups in total. The minimum atomic E-state index is -3.75. The Morgan fingerprint density at radius 3 is 2.46 bits per heavy atom. The minimum Gasteiger partial charge on any atom is -0.486 e. The lowest BCUT2D eigenvalue weighted by Crippen LogP contribution is -2.45. The summed E-state index contributed by atoms with van der Waals surface area (Å²) in [5.41, 5.74) is 1.68. The van der Waals surface area contributed by atoms with E-state index in [0.29, 0.717) is 41.1 Å². The van der Waals surface area contributed by atoms with Crippen molar-refractivity contribution in [1.82, 2.24) is 0 Å². The Hall–Kier alpha value is -2.45. The van der Waals surface area contributed by atoms with Crippen molar-refractivity contribution in [2.45, 2.75) is 19.9 Å². The first kappa shape index (κ1) is 20.3. The predicted molar refractivity (Wildman–Crippen MR) is 109 cm³/mol. The van der Waals surface area contributed by atoms with Crippen molar-refractivity contribution in [2.75, 3.05) is 29.1 Å². The molecule has 0 spiro atoms. The Morgan fingerprint density at radius 2 is 1.82 bits per heavy atom. The van der Waals surface area contributed by atoms with Crippen LogP contribution in [0.3, 0.4) is 0 Å². The molecule has 0 radical (unpaired) electrons. The number of carbonyl (C=O) groups excluding carboxylic acids is 1. The van der Waals surface area contributed by atoms with Crippen LogP contribution in [-0.4, -0.2) is 39.8 Å². The Bertz CT molecular complexity index is 1010. The fraction of sp³-hybridized carbons (Fsp3) is 0.316. The standard InChI is InChI=1S/C19H21ClN2O5S/c1-12-4-5-14(10-16(12)20)21-19(23)13(2)22(28(3,24)25)15-6-7-17-18(11-15)27-9-8-26-17/h4-7,10-11,13H,8-9H2,1-3H3,(H,21,23)/t13-/m1/s1. The summed E-state index contributed by atoms with van der Waals surface area (Å²) in [7, 11) is -3.75. The van der Waals surface area contributed by atoms with Gasteiger partial charge in [-0.15, -0.1) is 0 Å². The number of hydrogen-bond acceptors (Lipinski definition) is 5. The molecule has 0 aliphatic carbocycles.